The van der Waals surface area contributed by atoms with Crippen LogP contribution in [0.25, 0.3) is 6.08 Å². The predicted octanol–water partition coefficient (Wildman–Crippen LogP) is 3.15. The minimum Gasteiger partial charge on any atom is -0.459 e. The van der Waals surface area contributed by atoms with Crippen LogP contribution in [0.3, 0.4) is 0 Å². The fraction of sp³-hybridized carbons (Fsp3) is 0.375. The molecule has 0 radical (unpaired) electrons. The molecule has 0 heterocycles. The van der Waals surface area contributed by atoms with Crippen molar-refractivity contribution in [2.45, 2.75) is 32.5 Å². The lowest BCUT2D eigenvalue weighted by Gasteiger charge is -2.55. The molecule has 1 fully saturated rings. The highest BCUT2D eigenvalue weighted by molar-refractivity contribution is 5.87. The van der Waals surface area contributed by atoms with Gasteiger partial charge >= 0.3 is 5.97 Å². The molecule has 0 saturated heterocycles. The molecule has 3 rings (SSSR count). The molecule has 1 aromatic carbocycles. The van der Waals surface area contributed by atoms with Crippen molar-refractivity contribution in [3.8, 4) is 0 Å². The van der Waals surface area contributed by atoms with Gasteiger partial charge in [-0.05, 0) is 30.1 Å². The number of hydrogen-bond acceptors (Lipinski definition) is 5. The van der Waals surface area contributed by atoms with Crippen molar-refractivity contribution in [1.82, 2.24) is 0 Å². The zero-order valence-corrected chi connectivity index (χ0v) is 16.7. The molecule has 5 nitrogen and oxygen atoms in total. The van der Waals surface area contributed by atoms with E-state index in [-0.39, 0.29) is 11.5 Å². The molecular weight excluding hydrogens is 368 g/mol. The Labute approximate surface area is 170 Å². The van der Waals surface area contributed by atoms with E-state index in [4.69, 9.17) is 4.74 Å². The van der Waals surface area contributed by atoms with Crippen molar-refractivity contribution in [2.75, 3.05) is 0 Å². The fourth-order valence-corrected chi connectivity index (χ4v) is 4.79. The Morgan fingerprint density at radius 1 is 1.28 bits per heavy atom. The lowest BCUT2D eigenvalue weighted by Crippen LogP contribution is -2.58. The Morgan fingerprint density at radius 3 is 2.59 bits per heavy atom. The third kappa shape index (κ3) is 3.75. The Morgan fingerprint density at radius 2 is 1.97 bits per heavy atom. The molecule has 2 aliphatic carbocycles. The topological polar surface area (TPSA) is 80.7 Å². The predicted molar refractivity (Wildman–Crippen MR) is 110 cm³/mol. The normalized spacial score (nSPS) is 34.2. The summed E-state index contributed by atoms with van der Waals surface area (Å²) >= 11 is 0. The van der Waals surface area contributed by atoms with Crippen molar-refractivity contribution in [2.24, 2.45) is 23.2 Å². The molecule has 1 N–H and O–H groups in total. The summed E-state index contributed by atoms with van der Waals surface area (Å²) in [6.45, 7) is 7.90. The van der Waals surface area contributed by atoms with E-state index in [0.29, 0.717) is 19.0 Å². The first-order chi connectivity index (χ1) is 13.8. The van der Waals surface area contributed by atoms with Crippen LogP contribution in [0, 0.1) is 23.2 Å². The van der Waals surface area contributed by atoms with Crippen molar-refractivity contribution >= 4 is 24.6 Å². The van der Waals surface area contributed by atoms with Gasteiger partial charge in [-0.15, -0.1) is 0 Å². The van der Waals surface area contributed by atoms with Gasteiger partial charge in [0.25, 0.3) is 0 Å². The van der Waals surface area contributed by atoms with Crippen LogP contribution in [0.1, 0.15) is 25.8 Å². The Kier molecular flexibility index (Phi) is 5.99. The Balaban J connectivity index is 1.92. The van der Waals surface area contributed by atoms with Crippen LogP contribution in [-0.2, 0) is 19.1 Å². The maximum Gasteiger partial charge on any atom is 0.331 e. The van der Waals surface area contributed by atoms with Gasteiger partial charge in [-0.1, -0.05) is 56.3 Å². The van der Waals surface area contributed by atoms with Crippen molar-refractivity contribution in [3.05, 3.63) is 65.8 Å². The minimum absolute atomic E-state index is 0.00267. The molecule has 0 aliphatic heterocycles. The van der Waals surface area contributed by atoms with Gasteiger partial charge in [0.15, 0.2) is 0 Å². The molecule has 1 aromatic rings. The van der Waals surface area contributed by atoms with Crippen LogP contribution in [-0.4, -0.2) is 35.9 Å². The summed E-state index contributed by atoms with van der Waals surface area (Å²) in [5.74, 6) is -1.80. The maximum absolute atomic E-state index is 12.6. The lowest BCUT2D eigenvalue weighted by atomic mass is 9.51. The molecule has 0 amide bonds. The molecule has 29 heavy (non-hydrogen) atoms. The van der Waals surface area contributed by atoms with Gasteiger partial charge in [0.05, 0.1) is 12.0 Å². The summed E-state index contributed by atoms with van der Waals surface area (Å²) < 4.78 is 5.80. The van der Waals surface area contributed by atoms with Gasteiger partial charge in [-0.3, -0.25) is 4.79 Å². The summed E-state index contributed by atoms with van der Waals surface area (Å²) in [6, 6.07) is 9.37. The first-order valence-electron chi connectivity index (χ1n) is 9.75. The molecule has 6 atom stereocenters. The van der Waals surface area contributed by atoms with Crippen molar-refractivity contribution in [1.29, 1.82) is 0 Å². The molecule has 1 saturated carbocycles. The van der Waals surface area contributed by atoms with Crippen LogP contribution < -0.4 is 0 Å². The number of carbonyl (C=O) groups excluding carboxylic acids is 3. The molecule has 0 spiro atoms. The highest BCUT2D eigenvalue weighted by Gasteiger charge is 2.58. The zero-order chi connectivity index (χ0) is 21.2. The van der Waals surface area contributed by atoms with Crippen LogP contribution in [0.5, 0.6) is 0 Å². The van der Waals surface area contributed by atoms with Gasteiger partial charge in [-0.25, -0.2) is 4.79 Å². The number of aliphatic hydroxyl groups is 1. The van der Waals surface area contributed by atoms with E-state index in [1.54, 1.807) is 13.0 Å². The number of allylic oxidation sites excluding steroid dienone is 1. The first kappa shape index (κ1) is 20.9. The van der Waals surface area contributed by atoms with Crippen molar-refractivity contribution < 1.29 is 24.2 Å². The number of aldehydes is 2. The molecule has 0 aromatic heterocycles. The third-order valence-corrected chi connectivity index (χ3v) is 6.44. The monoisotopic (exact) mass is 394 g/mol. The number of esters is 1. The second-order valence-corrected chi connectivity index (χ2v) is 8.11. The number of carbonyl (C=O) groups is 3. The van der Waals surface area contributed by atoms with E-state index in [2.05, 4.69) is 6.58 Å². The number of aliphatic hydroxyl groups excluding tert-OH is 1. The van der Waals surface area contributed by atoms with E-state index >= 15 is 0 Å². The van der Waals surface area contributed by atoms with E-state index in [0.717, 1.165) is 11.1 Å². The van der Waals surface area contributed by atoms with E-state index in [1.165, 1.54) is 12.2 Å². The lowest BCUT2D eigenvalue weighted by molar-refractivity contribution is -0.166. The number of rotatable bonds is 5. The minimum atomic E-state index is -0.965. The van der Waals surface area contributed by atoms with Gasteiger partial charge in [0.1, 0.15) is 18.7 Å². The quantitative estimate of drug-likeness (QED) is 0.359. The second-order valence-electron chi connectivity index (χ2n) is 8.11. The van der Waals surface area contributed by atoms with E-state index in [9.17, 15) is 19.5 Å². The van der Waals surface area contributed by atoms with Gasteiger partial charge in [0, 0.05) is 23.0 Å². The van der Waals surface area contributed by atoms with E-state index < -0.39 is 35.4 Å². The Hall–Kier alpha value is -2.79. The molecule has 152 valence electrons. The summed E-state index contributed by atoms with van der Waals surface area (Å²) in [4.78, 5) is 36.1. The number of hydrogen-bond donors (Lipinski definition) is 1. The summed E-state index contributed by atoms with van der Waals surface area (Å²) in [5.41, 5.74) is 0.935. The van der Waals surface area contributed by atoms with Gasteiger partial charge in [-0.2, -0.15) is 0 Å². The third-order valence-electron chi connectivity index (χ3n) is 6.44. The van der Waals surface area contributed by atoms with E-state index in [1.807, 2.05) is 37.3 Å². The number of benzene rings is 1. The maximum atomic E-state index is 12.6. The largest absolute Gasteiger partial charge is 0.459 e. The SMILES string of the molecule is C=C1[C@@H]2[C@H](O)C=C(C=O)[C@H](C=O)[C@@]2(C)[C@H](OC(=O)C=Cc2ccccc2)C[C@@H]1C. The average molecular weight is 394 g/mol. The Bertz CT molecular complexity index is 869. The highest BCUT2D eigenvalue weighted by Crippen LogP contribution is 2.56. The fourth-order valence-electron chi connectivity index (χ4n) is 4.79. The average Bonchev–Trinajstić information content (AvgIpc) is 2.70. The molecule has 5 heteroatoms. The molecule has 0 unspecified atom stereocenters. The van der Waals surface area contributed by atoms with Crippen LogP contribution >= 0.6 is 0 Å². The first-order valence-corrected chi connectivity index (χ1v) is 9.75. The molecule has 2 aliphatic rings. The van der Waals surface area contributed by atoms with Gasteiger partial charge in [0.2, 0.25) is 0 Å². The van der Waals surface area contributed by atoms with Crippen LogP contribution in [0.4, 0.5) is 0 Å². The number of fused-ring (bicyclic) bond motifs is 1. The second kappa shape index (κ2) is 8.29. The number of ether oxygens (including phenoxy) is 1. The zero-order valence-electron chi connectivity index (χ0n) is 16.7. The molecular formula is C24H26O5. The smallest absolute Gasteiger partial charge is 0.331 e. The molecule has 0 bridgehead atoms. The summed E-state index contributed by atoms with van der Waals surface area (Å²) in [6.07, 6.45) is 4.62. The van der Waals surface area contributed by atoms with Crippen molar-refractivity contribution in [3.63, 3.8) is 0 Å². The van der Waals surface area contributed by atoms with Crippen LogP contribution in [0.15, 0.2) is 60.2 Å². The highest BCUT2D eigenvalue weighted by atomic mass is 16.5. The summed E-state index contributed by atoms with van der Waals surface area (Å²) in [7, 11) is 0. The summed E-state index contributed by atoms with van der Waals surface area (Å²) in [5, 5.41) is 10.7. The van der Waals surface area contributed by atoms with Crippen LogP contribution in [0.2, 0.25) is 0 Å². The standard InChI is InChI=1S/C24H26O5/c1-15-11-21(29-22(28)10-9-17-7-5-4-6-8-17)24(3)19(14-26)18(13-25)12-20(27)23(24)16(15)2/h4-10,12-15,19-21,23,27H,2,11H2,1,3H3/t15-,19-,20+,21+,23+,24-/m0/s1. The van der Waals surface area contributed by atoms with Gasteiger partial charge < -0.3 is 14.6 Å².